The van der Waals surface area contributed by atoms with Gasteiger partial charge in [0.05, 0.1) is 5.75 Å². The molecule has 1 aromatic rings. The number of carboxylic acids is 1. The zero-order valence-corrected chi connectivity index (χ0v) is 13.3. The lowest BCUT2D eigenvalue weighted by Gasteiger charge is -2.36. The normalized spacial score (nSPS) is 26.6. The van der Waals surface area contributed by atoms with Crippen LogP contribution < -0.4 is 0 Å². The van der Waals surface area contributed by atoms with Crippen molar-refractivity contribution in [3.63, 3.8) is 0 Å². The van der Waals surface area contributed by atoms with Crippen LogP contribution in [0.2, 0.25) is 0 Å². The number of hydrogen-bond donors (Lipinski definition) is 1. The van der Waals surface area contributed by atoms with Crippen LogP contribution in [0.25, 0.3) is 0 Å². The van der Waals surface area contributed by atoms with Gasteiger partial charge in [0.1, 0.15) is 0 Å². The molecule has 1 aromatic heterocycles. The molecule has 20 heavy (non-hydrogen) atoms. The van der Waals surface area contributed by atoms with E-state index in [1.54, 1.807) is 0 Å². The molecule has 0 aromatic carbocycles. The van der Waals surface area contributed by atoms with Gasteiger partial charge in [0.2, 0.25) is 0 Å². The molecule has 3 atom stereocenters. The van der Waals surface area contributed by atoms with Gasteiger partial charge in [-0.05, 0) is 24.7 Å². The molecule has 112 valence electrons. The lowest BCUT2D eigenvalue weighted by molar-refractivity contribution is -0.133. The smallest absolute Gasteiger partial charge is 0.313 e. The summed E-state index contributed by atoms with van der Waals surface area (Å²) in [6.07, 6.45) is 6.58. The average Bonchev–Trinajstić information content (AvgIpc) is 2.82. The second-order valence-electron chi connectivity index (χ2n) is 5.77. The monoisotopic (exact) mass is 296 g/mol. The second kappa shape index (κ2) is 6.66. The molecule has 1 saturated carbocycles. The fourth-order valence-corrected chi connectivity index (χ4v) is 3.92. The molecule has 1 aliphatic rings. The Morgan fingerprint density at radius 2 is 2.25 bits per heavy atom. The maximum absolute atomic E-state index is 10.8. The summed E-state index contributed by atoms with van der Waals surface area (Å²) in [5.41, 5.74) is 1.23. The van der Waals surface area contributed by atoms with E-state index in [0.29, 0.717) is 12.0 Å². The van der Waals surface area contributed by atoms with Crippen molar-refractivity contribution in [2.24, 2.45) is 11.8 Å². The van der Waals surface area contributed by atoms with E-state index in [1.165, 1.54) is 36.7 Å². The van der Waals surface area contributed by atoms with Crippen molar-refractivity contribution >= 4 is 17.7 Å². The van der Waals surface area contributed by atoms with E-state index in [2.05, 4.69) is 30.3 Å². The maximum Gasteiger partial charge on any atom is 0.313 e. The highest BCUT2D eigenvalue weighted by Gasteiger charge is 2.31. The average molecular weight is 296 g/mol. The molecule has 0 saturated heterocycles. The van der Waals surface area contributed by atoms with E-state index in [0.717, 1.165) is 17.5 Å². The highest BCUT2D eigenvalue weighted by atomic mass is 32.2. The number of imidazole rings is 1. The topological polar surface area (TPSA) is 55.1 Å². The Bertz CT molecular complexity index is 472. The molecular weight excluding hydrogens is 272 g/mol. The first-order valence-electron chi connectivity index (χ1n) is 7.45. The molecule has 1 N–H and O–H groups in total. The maximum atomic E-state index is 10.8. The Morgan fingerprint density at radius 1 is 1.50 bits per heavy atom. The van der Waals surface area contributed by atoms with Gasteiger partial charge < -0.3 is 9.67 Å². The van der Waals surface area contributed by atoms with Gasteiger partial charge in [-0.1, -0.05) is 45.4 Å². The molecule has 0 bridgehead atoms. The summed E-state index contributed by atoms with van der Waals surface area (Å²) in [6.45, 7) is 6.78. The van der Waals surface area contributed by atoms with Crippen LogP contribution in [0.15, 0.2) is 11.4 Å². The van der Waals surface area contributed by atoms with E-state index in [9.17, 15) is 4.79 Å². The SMILES string of the molecule is CCc1cnc(SCC(=O)O)n1C1CCCC(C)C1C. The predicted molar refractivity (Wildman–Crippen MR) is 81.2 cm³/mol. The number of aliphatic carboxylic acids is 1. The lowest BCUT2D eigenvalue weighted by atomic mass is 9.78. The Labute approximate surface area is 125 Å². The number of carbonyl (C=O) groups is 1. The van der Waals surface area contributed by atoms with Crippen molar-refractivity contribution in [3.05, 3.63) is 11.9 Å². The summed E-state index contributed by atoms with van der Waals surface area (Å²) in [5.74, 6) is 0.634. The van der Waals surface area contributed by atoms with Crippen LogP contribution in [-0.4, -0.2) is 26.4 Å². The Morgan fingerprint density at radius 3 is 2.90 bits per heavy atom. The highest BCUT2D eigenvalue weighted by molar-refractivity contribution is 7.99. The fraction of sp³-hybridized carbons (Fsp3) is 0.733. The van der Waals surface area contributed by atoms with E-state index in [4.69, 9.17) is 5.11 Å². The number of nitrogens with zero attached hydrogens (tertiary/aromatic N) is 2. The number of aromatic nitrogens is 2. The third-order valence-corrected chi connectivity index (χ3v) is 5.47. The van der Waals surface area contributed by atoms with Crippen molar-refractivity contribution in [3.8, 4) is 0 Å². The molecule has 1 aliphatic carbocycles. The van der Waals surface area contributed by atoms with Crippen molar-refractivity contribution in [1.29, 1.82) is 0 Å². The first kappa shape index (κ1) is 15.4. The summed E-state index contributed by atoms with van der Waals surface area (Å²) in [4.78, 5) is 15.3. The summed E-state index contributed by atoms with van der Waals surface area (Å²) >= 11 is 1.34. The van der Waals surface area contributed by atoms with Crippen LogP contribution >= 0.6 is 11.8 Å². The summed E-state index contributed by atoms with van der Waals surface area (Å²) < 4.78 is 2.31. The van der Waals surface area contributed by atoms with Crippen LogP contribution in [0.4, 0.5) is 0 Å². The minimum absolute atomic E-state index is 0.0802. The molecule has 0 spiro atoms. The number of carboxylic acid groups (broad SMARTS) is 1. The van der Waals surface area contributed by atoms with E-state index in [1.807, 2.05) is 6.20 Å². The molecule has 0 aliphatic heterocycles. The second-order valence-corrected chi connectivity index (χ2v) is 6.72. The zero-order valence-electron chi connectivity index (χ0n) is 12.5. The van der Waals surface area contributed by atoms with Crippen LogP contribution in [0.5, 0.6) is 0 Å². The molecule has 2 rings (SSSR count). The number of hydrogen-bond acceptors (Lipinski definition) is 3. The summed E-state index contributed by atoms with van der Waals surface area (Å²) in [6, 6.07) is 0.465. The molecule has 1 heterocycles. The van der Waals surface area contributed by atoms with Crippen molar-refractivity contribution in [1.82, 2.24) is 9.55 Å². The number of aryl methyl sites for hydroxylation is 1. The molecular formula is C15H24N2O2S. The summed E-state index contributed by atoms with van der Waals surface area (Å²) in [7, 11) is 0. The quantitative estimate of drug-likeness (QED) is 0.843. The lowest BCUT2D eigenvalue weighted by Crippen LogP contribution is -2.28. The van der Waals surface area contributed by atoms with Gasteiger partial charge in [0, 0.05) is 17.9 Å². The molecule has 0 radical (unpaired) electrons. The van der Waals surface area contributed by atoms with E-state index in [-0.39, 0.29) is 5.75 Å². The molecule has 4 nitrogen and oxygen atoms in total. The molecule has 0 amide bonds. The standard InChI is InChI=1S/C15H24N2O2S/c1-4-12-8-16-15(20-9-14(18)19)17(12)13-7-5-6-10(2)11(13)3/h8,10-11,13H,4-7,9H2,1-3H3,(H,18,19). The van der Waals surface area contributed by atoms with Gasteiger partial charge in [-0.25, -0.2) is 4.98 Å². The van der Waals surface area contributed by atoms with Crippen LogP contribution in [-0.2, 0) is 11.2 Å². The van der Waals surface area contributed by atoms with Gasteiger partial charge in [-0.15, -0.1) is 0 Å². The van der Waals surface area contributed by atoms with Crippen molar-refractivity contribution in [2.45, 2.75) is 57.7 Å². The zero-order chi connectivity index (χ0) is 14.7. The third kappa shape index (κ3) is 3.19. The Hall–Kier alpha value is -0.970. The number of thioether (sulfide) groups is 1. The minimum Gasteiger partial charge on any atom is -0.481 e. The largest absolute Gasteiger partial charge is 0.481 e. The van der Waals surface area contributed by atoms with Gasteiger partial charge in [0.15, 0.2) is 5.16 Å². The van der Waals surface area contributed by atoms with Crippen LogP contribution in [0.3, 0.4) is 0 Å². The predicted octanol–water partition coefficient (Wildman–Crippen LogP) is 3.62. The van der Waals surface area contributed by atoms with E-state index < -0.39 is 5.97 Å². The summed E-state index contributed by atoms with van der Waals surface area (Å²) in [5, 5.41) is 9.75. The third-order valence-electron chi connectivity index (χ3n) is 4.52. The highest BCUT2D eigenvalue weighted by Crippen LogP contribution is 2.40. The Balaban J connectivity index is 2.27. The minimum atomic E-state index is -0.785. The van der Waals surface area contributed by atoms with E-state index >= 15 is 0 Å². The Kier molecular flexibility index (Phi) is 5.13. The van der Waals surface area contributed by atoms with Gasteiger partial charge in [-0.2, -0.15) is 0 Å². The first-order chi connectivity index (χ1) is 9.54. The van der Waals surface area contributed by atoms with Crippen LogP contribution in [0, 0.1) is 11.8 Å². The first-order valence-corrected chi connectivity index (χ1v) is 8.43. The van der Waals surface area contributed by atoms with Crippen LogP contribution in [0.1, 0.15) is 51.8 Å². The van der Waals surface area contributed by atoms with Crippen molar-refractivity contribution in [2.75, 3.05) is 5.75 Å². The van der Waals surface area contributed by atoms with Gasteiger partial charge in [-0.3, -0.25) is 4.79 Å². The molecule has 1 fully saturated rings. The number of rotatable bonds is 5. The van der Waals surface area contributed by atoms with Crippen molar-refractivity contribution < 1.29 is 9.90 Å². The van der Waals surface area contributed by atoms with Gasteiger partial charge >= 0.3 is 5.97 Å². The fourth-order valence-electron chi connectivity index (χ4n) is 3.14. The molecule has 3 unspecified atom stereocenters. The van der Waals surface area contributed by atoms with Gasteiger partial charge in [0.25, 0.3) is 0 Å². The molecule has 5 heteroatoms.